The number of aliphatic hydroxyl groups is 1. The molecule has 5 rings (SSSR count). The fraction of sp³-hybridized carbons (Fsp3) is 0.227. The van der Waals surface area contributed by atoms with Gasteiger partial charge in [-0.1, -0.05) is 18.2 Å². The maximum absolute atomic E-state index is 13.2. The Morgan fingerprint density at radius 3 is 2.69 bits per heavy atom. The van der Waals surface area contributed by atoms with Gasteiger partial charge >= 0.3 is 12.2 Å². The average Bonchev–Trinajstić information content (AvgIpc) is 3.10. The van der Waals surface area contributed by atoms with Crippen molar-refractivity contribution in [1.82, 2.24) is 9.97 Å². The molecule has 2 unspecified atom stereocenters. The van der Waals surface area contributed by atoms with Crippen molar-refractivity contribution in [3.8, 4) is 11.3 Å². The zero-order valence-electron chi connectivity index (χ0n) is 16.6. The van der Waals surface area contributed by atoms with Crippen LogP contribution in [-0.4, -0.2) is 46.3 Å². The second-order valence-electron chi connectivity index (χ2n) is 7.67. The molecule has 0 spiro atoms. The number of aromatic nitrogens is 2. The molecule has 32 heavy (non-hydrogen) atoms. The number of benzene rings is 1. The molecule has 0 aliphatic carbocycles. The summed E-state index contributed by atoms with van der Waals surface area (Å²) in [5.41, 5.74) is 0.423. The van der Waals surface area contributed by atoms with Crippen molar-refractivity contribution in [3.63, 3.8) is 0 Å². The lowest BCUT2D eigenvalue weighted by Crippen LogP contribution is -2.51. The number of carbonyl (C=O) groups is 1. The van der Waals surface area contributed by atoms with Crippen molar-refractivity contribution in [1.29, 1.82) is 0 Å². The minimum absolute atomic E-state index is 0.279. The predicted octanol–water partition coefficient (Wildman–Crippen LogP) is 3.76. The Morgan fingerprint density at radius 2 is 1.94 bits per heavy atom. The van der Waals surface area contributed by atoms with Crippen LogP contribution in [-0.2, 0) is 6.18 Å². The molecular weight excluding hydrogens is 423 g/mol. The number of urea groups is 1. The first-order valence-corrected chi connectivity index (χ1v) is 9.94. The second kappa shape index (κ2) is 7.49. The van der Waals surface area contributed by atoms with Crippen LogP contribution in [0.2, 0.25) is 0 Å². The van der Waals surface area contributed by atoms with E-state index in [1.807, 2.05) is 4.90 Å². The van der Waals surface area contributed by atoms with Crippen LogP contribution in [0.3, 0.4) is 0 Å². The lowest BCUT2D eigenvalue weighted by atomic mass is 10.1. The summed E-state index contributed by atoms with van der Waals surface area (Å²) in [6.45, 7) is 0.754. The SMILES string of the molecule is O=C(Nc1ccccn1)N1c2nc(-c3cccc(C(F)(F)F)c3)ccc2N2CC(O)C1C2. The molecule has 2 N–H and O–H groups in total. The van der Waals surface area contributed by atoms with E-state index in [-0.39, 0.29) is 11.4 Å². The van der Waals surface area contributed by atoms with Crippen LogP contribution in [0.25, 0.3) is 11.3 Å². The topological polar surface area (TPSA) is 81.6 Å². The van der Waals surface area contributed by atoms with Gasteiger partial charge < -0.3 is 10.0 Å². The normalized spacial score (nSPS) is 19.6. The molecule has 1 fully saturated rings. The summed E-state index contributed by atoms with van der Waals surface area (Å²) in [5.74, 6) is 0.615. The Hall–Kier alpha value is -3.66. The largest absolute Gasteiger partial charge is 0.416 e. The minimum atomic E-state index is -4.48. The molecule has 0 saturated carbocycles. The number of fused-ring (bicyclic) bond motifs is 4. The van der Waals surface area contributed by atoms with Crippen molar-refractivity contribution in [2.75, 3.05) is 28.2 Å². The molecule has 2 aliphatic rings. The van der Waals surface area contributed by atoms with E-state index in [1.165, 1.54) is 23.2 Å². The lowest BCUT2D eigenvalue weighted by Gasteiger charge is -2.36. The number of rotatable bonds is 2. The maximum Gasteiger partial charge on any atom is 0.416 e. The van der Waals surface area contributed by atoms with Gasteiger partial charge in [0.1, 0.15) is 5.82 Å². The monoisotopic (exact) mass is 441 g/mol. The molecule has 2 aliphatic heterocycles. The summed E-state index contributed by atoms with van der Waals surface area (Å²) in [6.07, 6.45) is -3.74. The van der Waals surface area contributed by atoms with Gasteiger partial charge in [-0.3, -0.25) is 10.2 Å². The Labute approximate surface area is 181 Å². The van der Waals surface area contributed by atoms with E-state index in [1.54, 1.807) is 30.3 Å². The highest BCUT2D eigenvalue weighted by Gasteiger charge is 2.45. The third-order valence-electron chi connectivity index (χ3n) is 5.62. The van der Waals surface area contributed by atoms with Crippen LogP contribution >= 0.6 is 0 Å². The number of halogens is 3. The first-order valence-electron chi connectivity index (χ1n) is 9.94. The van der Waals surface area contributed by atoms with Crippen LogP contribution in [0, 0.1) is 0 Å². The van der Waals surface area contributed by atoms with Gasteiger partial charge in [0.05, 0.1) is 29.1 Å². The third-order valence-corrected chi connectivity index (χ3v) is 5.62. The number of pyridine rings is 2. The molecule has 4 heterocycles. The Balaban J connectivity index is 1.56. The summed E-state index contributed by atoms with van der Waals surface area (Å²) in [6, 6.07) is 12.2. The molecule has 10 heteroatoms. The second-order valence-corrected chi connectivity index (χ2v) is 7.67. The molecule has 0 radical (unpaired) electrons. The van der Waals surface area contributed by atoms with Gasteiger partial charge in [0.15, 0.2) is 5.82 Å². The van der Waals surface area contributed by atoms with Crippen molar-refractivity contribution in [2.45, 2.75) is 18.3 Å². The summed E-state index contributed by atoms with van der Waals surface area (Å²) in [5, 5.41) is 13.2. The first-order chi connectivity index (χ1) is 15.3. The van der Waals surface area contributed by atoms with E-state index < -0.39 is 29.9 Å². The van der Waals surface area contributed by atoms with Crippen molar-refractivity contribution in [2.24, 2.45) is 0 Å². The number of aliphatic hydroxyl groups excluding tert-OH is 1. The van der Waals surface area contributed by atoms with E-state index in [4.69, 9.17) is 0 Å². The number of anilines is 3. The summed E-state index contributed by atoms with van der Waals surface area (Å²) >= 11 is 0. The lowest BCUT2D eigenvalue weighted by molar-refractivity contribution is -0.137. The molecule has 2 atom stereocenters. The molecular formula is C22H18F3N5O2. The molecule has 3 aromatic rings. The maximum atomic E-state index is 13.2. The fourth-order valence-corrected chi connectivity index (χ4v) is 4.11. The molecule has 2 aromatic heterocycles. The zero-order chi connectivity index (χ0) is 22.5. The number of alkyl halides is 3. The van der Waals surface area contributed by atoms with Gasteiger partial charge in [0, 0.05) is 24.8 Å². The predicted molar refractivity (Wildman–Crippen MR) is 112 cm³/mol. The van der Waals surface area contributed by atoms with Crippen LogP contribution in [0.1, 0.15) is 5.56 Å². The standard InChI is InChI=1S/C22H18F3N5O2/c23-22(24,25)14-5-3-4-13(10-14)15-7-8-16-20(27-15)30(17-11-29(16)12-18(17)31)21(32)28-19-6-1-2-9-26-19/h1-10,17-18,31H,11-12H2,(H,26,28,32). The fourth-order valence-electron chi connectivity index (χ4n) is 4.11. The molecule has 164 valence electrons. The van der Waals surface area contributed by atoms with Crippen LogP contribution < -0.4 is 15.1 Å². The van der Waals surface area contributed by atoms with Gasteiger partial charge in [-0.2, -0.15) is 13.2 Å². The molecule has 2 amide bonds. The van der Waals surface area contributed by atoms with Crippen molar-refractivity contribution < 1.29 is 23.1 Å². The zero-order valence-corrected chi connectivity index (χ0v) is 16.6. The molecule has 7 nitrogen and oxygen atoms in total. The Bertz CT molecular complexity index is 1170. The van der Waals surface area contributed by atoms with Gasteiger partial charge in [-0.25, -0.2) is 14.8 Å². The molecule has 1 saturated heterocycles. The van der Waals surface area contributed by atoms with Gasteiger partial charge in [-0.15, -0.1) is 0 Å². The number of hydrogen-bond acceptors (Lipinski definition) is 5. The van der Waals surface area contributed by atoms with Gasteiger partial charge in [0.2, 0.25) is 0 Å². The Morgan fingerprint density at radius 1 is 1.09 bits per heavy atom. The smallest absolute Gasteiger partial charge is 0.389 e. The van der Waals surface area contributed by atoms with E-state index in [0.29, 0.717) is 30.3 Å². The number of amides is 2. The quantitative estimate of drug-likeness (QED) is 0.633. The highest BCUT2D eigenvalue weighted by Crippen LogP contribution is 2.41. The summed E-state index contributed by atoms with van der Waals surface area (Å²) in [7, 11) is 0. The van der Waals surface area contributed by atoms with E-state index in [0.717, 1.165) is 12.1 Å². The number of carbonyl (C=O) groups excluding carboxylic acids is 1. The Kier molecular flexibility index (Phi) is 4.74. The van der Waals surface area contributed by atoms with Crippen LogP contribution in [0.5, 0.6) is 0 Å². The highest BCUT2D eigenvalue weighted by molar-refractivity contribution is 6.04. The van der Waals surface area contributed by atoms with Crippen LogP contribution in [0.4, 0.5) is 35.3 Å². The summed E-state index contributed by atoms with van der Waals surface area (Å²) in [4.78, 5) is 25.1. The van der Waals surface area contributed by atoms with E-state index in [9.17, 15) is 23.1 Å². The van der Waals surface area contributed by atoms with E-state index >= 15 is 0 Å². The average molecular weight is 441 g/mol. The molecule has 2 bridgehead atoms. The number of hydrogen-bond donors (Lipinski definition) is 2. The van der Waals surface area contributed by atoms with Crippen LogP contribution in [0.15, 0.2) is 60.8 Å². The molecule has 1 aromatic carbocycles. The van der Waals surface area contributed by atoms with Gasteiger partial charge in [0.25, 0.3) is 0 Å². The highest BCUT2D eigenvalue weighted by atomic mass is 19.4. The van der Waals surface area contributed by atoms with Crippen molar-refractivity contribution >= 4 is 23.4 Å². The minimum Gasteiger partial charge on any atom is -0.389 e. The van der Waals surface area contributed by atoms with Gasteiger partial charge in [-0.05, 0) is 36.4 Å². The third kappa shape index (κ3) is 3.52. The number of nitrogens with zero attached hydrogens (tertiary/aromatic N) is 4. The first kappa shape index (κ1) is 20.3. The number of nitrogens with one attached hydrogen (secondary N) is 1. The van der Waals surface area contributed by atoms with E-state index in [2.05, 4.69) is 15.3 Å². The van der Waals surface area contributed by atoms with Crippen molar-refractivity contribution in [3.05, 3.63) is 66.4 Å². The summed E-state index contributed by atoms with van der Waals surface area (Å²) < 4.78 is 39.5.